The Morgan fingerprint density at radius 2 is 2.06 bits per heavy atom. The summed E-state index contributed by atoms with van der Waals surface area (Å²) in [7, 11) is 0. The number of hydrogen-bond donors (Lipinski definition) is 2. The van der Waals surface area contributed by atoms with Crippen LogP contribution in [0.3, 0.4) is 0 Å². The van der Waals surface area contributed by atoms with Crippen molar-refractivity contribution in [2.24, 2.45) is 0 Å². The van der Waals surface area contributed by atoms with E-state index in [-0.39, 0.29) is 23.7 Å². The molecular weight excluding hydrogens is 412 g/mol. The van der Waals surface area contributed by atoms with Crippen LogP contribution >= 0.6 is 0 Å². The molecule has 31 heavy (non-hydrogen) atoms. The van der Waals surface area contributed by atoms with Crippen LogP contribution in [0.5, 0.6) is 5.88 Å². The molecule has 2 N–H and O–H groups in total. The highest BCUT2D eigenvalue weighted by Gasteiger charge is 2.50. The van der Waals surface area contributed by atoms with Crippen molar-refractivity contribution < 1.29 is 13.5 Å². The summed E-state index contributed by atoms with van der Waals surface area (Å²) >= 11 is 0. The lowest BCUT2D eigenvalue weighted by Gasteiger charge is -2.19. The van der Waals surface area contributed by atoms with Crippen molar-refractivity contribution in [3.8, 4) is 17.1 Å². The number of nitrogens with one attached hydrogen (secondary N) is 2. The molecule has 0 radical (unpaired) electrons. The number of pyridine rings is 1. The van der Waals surface area contributed by atoms with E-state index in [9.17, 15) is 18.4 Å². The highest BCUT2D eigenvalue weighted by atomic mass is 19.3. The van der Waals surface area contributed by atoms with Crippen molar-refractivity contribution in [1.82, 2.24) is 29.5 Å². The molecule has 1 aliphatic rings. The Bertz CT molecular complexity index is 1370. The van der Waals surface area contributed by atoms with Crippen molar-refractivity contribution >= 4 is 11.3 Å². The summed E-state index contributed by atoms with van der Waals surface area (Å²) in [6.07, 6.45) is 4.28. The van der Waals surface area contributed by atoms with Crippen LogP contribution in [0.15, 0.2) is 58.6 Å². The van der Waals surface area contributed by atoms with Gasteiger partial charge in [0.05, 0.1) is 24.3 Å². The molecule has 158 valence electrons. The summed E-state index contributed by atoms with van der Waals surface area (Å²) in [5.41, 5.74) is -0.332. The third kappa shape index (κ3) is 3.41. The number of aromatic amines is 2. The van der Waals surface area contributed by atoms with E-state index >= 15 is 0 Å². The fourth-order valence-corrected chi connectivity index (χ4v) is 3.49. The van der Waals surface area contributed by atoms with Crippen LogP contribution in [0, 0.1) is 0 Å². The number of H-pyrrole nitrogens is 2. The van der Waals surface area contributed by atoms with E-state index in [0.717, 1.165) is 0 Å². The Kier molecular flexibility index (Phi) is 4.27. The monoisotopic (exact) mass is 427 g/mol. The van der Waals surface area contributed by atoms with Crippen molar-refractivity contribution in [2.45, 2.75) is 12.0 Å². The Balaban J connectivity index is 1.55. The van der Waals surface area contributed by atoms with Crippen molar-refractivity contribution in [1.29, 1.82) is 0 Å². The average Bonchev–Trinajstić information content (AvgIpc) is 3.32. The number of rotatable bonds is 4. The van der Waals surface area contributed by atoms with Gasteiger partial charge in [-0.05, 0) is 12.1 Å². The molecule has 0 amide bonds. The van der Waals surface area contributed by atoms with Crippen LogP contribution in [0.2, 0.25) is 0 Å². The zero-order chi connectivity index (χ0) is 21.6. The Hall–Kier alpha value is -4.09. The number of alkyl halides is 2. The third-order valence-electron chi connectivity index (χ3n) is 4.94. The summed E-state index contributed by atoms with van der Waals surface area (Å²) in [4.78, 5) is 37.6. The lowest BCUT2D eigenvalue weighted by Crippen LogP contribution is -2.36. The van der Waals surface area contributed by atoms with Gasteiger partial charge in [0, 0.05) is 30.9 Å². The second-order valence-corrected chi connectivity index (χ2v) is 7.01. The van der Waals surface area contributed by atoms with E-state index in [2.05, 4.69) is 25.0 Å². The molecule has 0 saturated carbocycles. The third-order valence-corrected chi connectivity index (χ3v) is 4.94. The highest BCUT2D eigenvalue weighted by Crippen LogP contribution is 2.36. The molecule has 1 saturated heterocycles. The minimum atomic E-state index is -3.15. The lowest BCUT2D eigenvalue weighted by atomic mass is 10.2. The van der Waals surface area contributed by atoms with Crippen LogP contribution in [-0.4, -0.2) is 54.7 Å². The van der Waals surface area contributed by atoms with Crippen LogP contribution in [-0.2, 0) is 0 Å². The van der Waals surface area contributed by atoms with Crippen molar-refractivity contribution in [3.05, 3.63) is 69.9 Å². The molecule has 12 heteroatoms. The van der Waals surface area contributed by atoms with E-state index < -0.39 is 29.8 Å². The fourth-order valence-electron chi connectivity index (χ4n) is 3.49. The zero-order valence-corrected chi connectivity index (χ0v) is 15.8. The Labute approximate surface area is 172 Å². The van der Waals surface area contributed by atoms with Crippen LogP contribution in [0.25, 0.3) is 16.9 Å². The van der Waals surface area contributed by atoms with Gasteiger partial charge in [0.15, 0.2) is 11.8 Å². The van der Waals surface area contributed by atoms with Gasteiger partial charge in [-0.2, -0.15) is 5.10 Å². The maximum absolute atomic E-state index is 14.8. The molecule has 0 unspecified atom stereocenters. The molecule has 1 fully saturated rings. The lowest BCUT2D eigenvalue weighted by molar-refractivity contribution is -0.0608. The quantitative estimate of drug-likeness (QED) is 0.500. The highest BCUT2D eigenvalue weighted by molar-refractivity contribution is 5.74. The number of imidazole rings is 1. The van der Waals surface area contributed by atoms with Gasteiger partial charge in [-0.25, -0.2) is 28.1 Å². The minimum absolute atomic E-state index is 0.0868. The number of halogens is 2. The van der Waals surface area contributed by atoms with Crippen LogP contribution in [0.4, 0.5) is 14.5 Å². The largest absolute Gasteiger partial charge is 0.466 e. The average molecular weight is 427 g/mol. The molecule has 1 aliphatic heterocycles. The van der Waals surface area contributed by atoms with E-state index in [1.54, 1.807) is 12.1 Å². The predicted octanol–water partition coefficient (Wildman–Crippen LogP) is 1.07. The first-order valence-corrected chi connectivity index (χ1v) is 9.28. The van der Waals surface area contributed by atoms with E-state index in [0.29, 0.717) is 11.3 Å². The van der Waals surface area contributed by atoms with Gasteiger partial charge in [0.1, 0.15) is 5.69 Å². The Morgan fingerprint density at radius 1 is 1.19 bits per heavy atom. The summed E-state index contributed by atoms with van der Waals surface area (Å²) in [5, 5.41) is 4.31. The fraction of sp³-hybridized carbons (Fsp3) is 0.211. The summed E-state index contributed by atoms with van der Waals surface area (Å²) < 4.78 is 36.3. The number of anilines is 1. The van der Waals surface area contributed by atoms with Gasteiger partial charge in [-0.15, -0.1) is 0 Å². The number of ether oxygens (including phenoxy) is 1. The first kappa shape index (κ1) is 18.9. The molecule has 4 aromatic heterocycles. The first-order valence-electron chi connectivity index (χ1n) is 9.28. The topological polar surface area (TPSA) is 121 Å². The maximum Gasteiger partial charge on any atom is 0.325 e. The normalized spacial score (nSPS) is 17.9. The molecule has 4 aromatic rings. The molecule has 1 atom stereocenters. The number of aromatic nitrogens is 6. The summed E-state index contributed by atoms with van der Waals surface area (Å²) in [5.74, 6) is -3.05. The number of fused-ring (bicyclic) bond motifs is 1. The molecular formula is C19H15F2N7O3. The van der Waals surface area contributed by atoms with Gasteiger partial charge in [-0.1, -0.05) is 6.07 Å². The minimum Gasteiger partial charge on any atom is -0.466 e. The molecule has 0 aliphatic carbocycles. The molecule has 0 spiro atoms. The van der Waals surface area contributed by atoms with Gasteiger partial charge in [0.25, 0.3) is 5.56 Å². The van der Waals surface area contributed by atoms with Gasteiger partial charge in [-0.3, -0.25) is 9.78 Å². The van der Waals surface area contributed by atoms with E-state index in [1.807, 2.05) is 0 Å². The zero-order valence-electron chi connectivity index (χ0n) is 15.8. The maximum atomic E-state index is 14.8. The van der Waals surface area contributed by atoms with Crippen molar-refractivity contribution in [3.63, 3.8) is 0 Å². The number of hydrogen-bond acceptors (Lipinski definition) is 7. The second-order valence-electron chi connectivity index (χ2n) is 7.01. The summed E-state index contributed by atoms with van der Waals surface area (Å²) in [6.45, 7) is -0.740. The summed E-state index contributed by atoms with van der Waals surface area (Å²) in [6, 6.07) is 6.32. The standard InChI is InChI=1S/C19H15F2N7O3/c20-19(21)10-27(9-14(19)31-15-3-1-2-4-22-15)13-7-12(26-28-6-5-23-16(13)28)11-8-24-18(30)25-17(11)29/h1-8,14H,9-10H2,(H2,24,25,29,30)/t14-/m1/s1. The molecule has 5 rings (SSSR count). The van der Waals surface area contributed by atoms with Gasteiger partial charge in [0.2, 0.25) is 5.88 Å². The number of nitrogens with zero attached hydrogens (tertiary/aromatic N) is 5. The van der Waals surface area contributed by atoms with Crippen molar-refractivity contribution in [2.75, 3.05) is 18.0 Å². The molecule has 0 bridgehead atoms. The van der Waals surface area contributed by atoms with Gasteiger partial charge >= 0.3 is 11.6 Å². The molecule has 0 aromatic carbocycles. The second kappa shape index (κ2) is 7.00. The van der Waals surface area contributed by atoms with Crippen LogP contribution < -0.4 is 20.9 Å². The smallest absolute Gasteiger partial charge is 0.325 e. The SMILES string of the molecule is O=c1[nH]cc(-c2cc(N3C[C@@H](Oc4ccccn4)C(F)(F)C3)c3nccn3n2)c(=O)[nH]1. The molecule has 5 heterocycles. The van der Waals surface area contributed by atoms with E-state index in [1.165, 1.54) is 46.3 Å². The Morgan fingerprint density at radius 3 is 2.84 bits per heavy atom. The van der Waals surface area contributed by atoms with Crippen LogP contribution in [0.1, 0.15) is 0 Å². The first-order chi connectivity index (χ1) is 14.9. The molecule has 10 nitrogen and oxygen atoms in total. The van der Waals surface area contributed by atoms with E-state index in [4.69, 9.17) is 4.74 Å². The van der Waals surface area contributed by atoms with Gasteiger partial charge < -0.3 is 14.6 Å². The predicted molar refractivity (Wildman–Crippen MR) is 105 cm³/mol.